The van der Waals surface area contributed by atoms with Gasteiger partial charge in [0.2, 0.25) is 0 Å². The van der Waals surface area contributed by atoms with Crippen LogP contribution in [-0.4, -0.2) is 36.4 Å². The molecule has 0 aromatic heterocycles. The summed E-state index contributed by atoms with van der Waals surface area (Å²) < 4.78 is 10.6. The first-order chi connectivity index (χ1) is 29.6. The number of carbonyl (C=O) groups excluding carboxylic acids is 2. The van der Waals surface area contributed by atoms with E-state index in [4.69, 9.17) is 9.47 Å². The quantitative estimate of drug-likeness (QED) is 0.0376. The van der Waals surface area contributed by atoms with Gasteiger partial charge in [-0.25, -0.2) is 0 Å². The van der Waals surface area contributed by atoms with Crippen LogP contribution in [0.2, 0.25) is 0 Å². The number of rotatable bonds is 43. The maximum atomic E-state index is 12.2. The third-order valence-electron chi connectivity index (χ3n) is 10.1. The number of allylic oxidation sites excluding steroid dienone is 18. The number of ether oxygens (including phenoxy) is 2. The molecule has 0 aromatic carbocycles. The number of hydrogen-bond donors (Lipinski definition) is 1. The topological polar surface area (TPSA) is 72.8 Å². The van der Waals surface area contributed by atoms with Gasteiger partial charge in [-0.1, -0.05) is 207 Å². The maximum absolute atomic E-state index is 12.2. The Bertz CT molecular complexity index is 1210. The van der Waals surface area contributed by atoms with E-state index < -0.39 is 6.10 Å². The minimum atomic E-state index is -0.782. The molecule has 0 heterocycles. The van der Waals surface area contributed by atoms with Crippen LogP contribution in [0.15, 0.2) is 109 Å². The molecule has 0 saturated carbocycles. The fraction of sp³-hybridized carbons (Fsp3) is 0.636. The Hall–Kier alpha value is -3.44. The first-order valence-electron chi connectivity index (χ1n) is 24.4. The van der Waals surface area contributed by atoms with E-state index in [1.807, 2.05) is 0 Å². The Morgan fingerprint density at radius 2 is 0.717 bits per heavy atom. The highest BCUT2D eigenvalue weighted by Gasteiger charge is 2.16. The molecule has 0 saturated heterocycles. The zero-order valence-corrected chi connectivity index (χ0v) is 38.7. The normalized spacial score (nSPS) is 13.2. The highest BCUT2D eigenvalue weighted by atomic mass is 16.6. The fourth-order valence-corrected chi connectivity index (χ4v) is 6.37. The van der Waals surface area contributed by atoms with Gasteiger partial charge in [0.05, 0.1) is 6.61 Å². The summed E-state index contributed by atoms with van der Waals surface area (Å²) in [4.78, 5) is 24.3. The molecule has 0 bridgehead atoms. The zero-order valence-electron chi connectivity index (χ0n) is 38.7. The minimum Gasteiger partial charge on any atom is -0.462 e. The summed E-state index contributed by atoms with van der Waals surface area (Å²) in [5.41, 5.74) is 0. The van der Waals surface area contributed by atoms with Gasteiger partial charge >= 0.3 is 11.9 Å². The van der Waals surface area contributed by atoms with Crippen molar-refractivity contribution in [2.24, 2.45) is 0 Å². The monoisotopic (exact) mass is 831 g/mol. The molecule has 5 heteroatoms. The highest BCUT2D eigenvalue weighted by Crippen LogP contribution is 2.14. The van der Waals surface area contributed by atoms with Crippen LogP contribution in [-0.2, 0) is 19.1 Å². The molecule has 340 valence electrons. The molecule has 0 aliphatic heterocycles. The van der Waals surface area contributed by atoms with E-state index in [0.717, 1.165) is 96.3 Å². The van der Waals surface area contributed by atoms with Crippen molar-refractivity contribution in [3.63, 3.8) is 0 Å². The third-order valence-corrected chi connectivity index (χ3v) is 10.1. The minimum absolute atomic E-state index is 0.0768. The van der Waals surface area contributed by atoms with E-state index in [9.17, 15) is 14.7 Å². The lowest BCUT2D eigenvalue weighted by atomic mass is 10.0. The second-order valence-electron chi connectivity index (χ2n) is 15.8. The van der Waals surface area contributed by atoms with E-state index in [1.165, 1.54) is 83.5 Å². The number of aliphatic hydroxyl groups excluding tert-OH is 1. The first kappa shape index (κ1) is 56.6. The summed E-state index contributed by atoms with van der Waals surface area (Å²) in [6.07, 6.45) is 71.8. The van der Waals surface area contributed by atoms with Crippen molar-refractivity contribution in [1.82, 2.24) is 0 Å². The van der Waals surface area contributed by atoms with Gasteiger partial charge in [-0.2, -0.15) is 0 Å². The zero-order chi connectivity index (χ0) is 43.5. The number of aliphatic hydroxyl groups is 1. The first-order valence-corrected chi connectivity index (χ1v) is 24.4. The van der Waals surface area contributed by atoms with Crippen molar-refractivity contribution in [2.75, 3.05) is 13.2 Å². The Balaban J connectivity index is 3.57. The molecule has 0 aliphatic rings. The van der Waals surface area contributed by atoms with Crippen LogP contribution >= 0.6 is 0 Å². The van der Waals surface area contributed by atoms with Gasteiger partial charge in [0.15, 0.2) is 6.10 Å². The van der Waals surface area contributed by atoms with Gasteiger partial charge in [-0.15, -0.1) is 0 Å². The van der Waals surface area contributed by atoms with E-state index in [0.29, 0.717) is 12.8 Å². The van der Waals surface area contributed by atoms with Gasteiger partial charge in [0.25, 0.3) is 0 Å². The molecule has 0 rings (SSSR count). The molecular formula is C55H90O5. The van der Waals surface area contributed by atoms with Crippen LogP contribution in [0.4, 0.5) is 0 Å². The van der Waals surface area contributed by atoms with Crippen molar-refractivity contribution < 1.29 is 24.2 Å². The average Bonchev–Trinajstić information content (AvgIpc) is 3.25. The molecule has 0 fully saturated rings. The second-order valence-corrected chi connectivity index (χ2v) is 15.8. The predicted octanol–water partition coefficient (Wildman–Crippen LogP) is 16.2. The molecule has 60 heavy (non-hydrogen) atoms. The molecule has 1 N–H and O–H groups in total. The molecule has 1 unspecified atom stereocenters. The molecule has 1 atom stereocenters. The smallest absolute Gasteiger partial charge is 0.306 e. The molecule has 0 aromatic rings. The largest absolute Gasteiger partial charge is 0.462 e. The standard InChI is InChI=1S/C55H90O5/c1-3-5-7-9-11-13-15-16-17-18-19-20-21-22-23-24-25-26-27-28-29-30-31-32-33-34-35-36-37-38-40-42-44-46-48-50-55(58)60-53(51-56)52-59-54(57)49-47-45-43-41-39-14-12-10-8-6-4-2/h5,7,10-13,16-17,19-20,22-23,25-26,28-29,31-32,53,56H,3-4,6,8-9,14-15,18,21,24,27,30,33-52H2,1-2H3/b7-5-,12-10-,13-11-,17-16-,20-19-,23-22-,26-25-,29-28-,32-31-. The van der Waals surface area contributed by atoms with Crippen molar-refractivity contribution in [3.05, 3.63) is 109 Å². The molecule has 5 nitrogen and oxygen atoms in total. The van der Waals surface area contributed by atoms with E-state index >= 15 is 0 Å². The molecule has 0 spiro atoms. The van der Waals surface area contributed by atoms with Gasteiger partial charge in [0, 0.05) is 12.8 Å². The van der Waals surface area contributed by atoms with E-state index in [1.54, 1.807) is 0 Å². The third kappa shape index (κ3) is 47.2. The summed E-state index contributed by atoms with van der Waals surface area (Å²) in [6.45, 7) is 3.96. The number of hydrogen-bond acceptors (Lipinski definition) is 5. The lowest BCUT2D eigenvalue weighted by Crippen LogP contribution is -2.28. The van der Waals surface area contributed by atoms with Gasteiger partial charge in [-0.05, 0) is 96.3 Å². The van der Waals surface area contributed by atoms with Crippen LogP contribution in [0.1, 0.15) is 206 Å². The van der Waals surface area contributed by atoms with Gasteiger partial charge in [0.1, 0.15) is 6.61 Å². The van der Waals surface area contributed by atoms with Crippen LogP contribution in [0, 0.1) is 0 Å². The van der Waals surface area contributed by atoms with Crippen molar-refractivity contribution in [3.8, 4) is 0 Å². The van der Waals surface area contributed by atoms with Crippen LogP contribution in [0.5, 0.6) is 0 Å². The summed E-state index contributed by atoms with van der Waals surface area (Å²) in [6, 6.07) is 0. The second kappa shape index (κ2) is 49.9. The fourth-order valence-electron chi connectivity index (χ4n) is 6.37. The molecule has 0 amide bonds. The SMILES string of the molecule is CC/C=C\C/C=C\C/C=C\C/C=C\C/C=C\C/C=C\C/C=C\C/C=C\CCCCCCCCCCCCC(=O)OC(CO)COC(=O)CCCCCCC/C=C\CCCC. The van der Waals surface area contributed by atoms with Crippen LogP contribution in [0.25, 0.3) is 0 Å². The summed E-state index contributed by atoms with van der Waals surface area (Å²) in [5.74, 6) is -0.614. The van der Waals surface area contributed by atoms with Gasteiger partial charge in [-0.3, -0.25) is 9.59 Å². The summed E-state index contributed by atoms with van der Waals surface area (Å²) >= 11 is 0. The maximum Gasteiger partial charge on any atom is 0.306 e. The lowest BCUT2D eigenvalue weighted by molar-refractivity contribution is -0.161. The van der Waals surface area contributed by atoms with Crippen molar-refractivity contribution in [2.45, 2.75) is 213 Å². The van der Waals surface area contributed by atoms with Gasteiger partial charge < -0.3 is 14.6 Å². The van der Waals surface area contributed by atoms with Crippen LogP contribution < -0.4 is 0 Å². The Morgan fingerprint density at radius 3 is 1.10 bits per heavy atom. The van der Waals surface area contributed by atoms with Crippen molar-refractivity contribution in [1.29, 1.82) is 0 Å². The summed E-state index contributed by atoms with van der Waals surface area (Å²) in [7, 11) is 0. The van der Waals surface area contributed by atoms with E-state index in [2.05, 4.69) is 123 Å². The van der Waals surface area contributed by atoms with Crippen LogP contribution in [0.3, 0.4) is 0 Å². The Morgan fingerprint density at radius 1 is 0.400 bits per heavy atom. The highest BCUT2D eigenvalue weighted by molar-refractivity contribution is 5.70. The molecular weight excluding hydrogens is 741 g/mol. The Labute approximate surface area is 370 Å². The lowest BCUT2D eigenvalue weighted by Gasteiger charge is -2.15. The number of carbonyl (C=O) groups is 2. The average molecular weight is 831 g/mol. The number of unbranched alkanes of at least 4 members (excludes halogenated alkanes) is 17. The Kier molecular flexibility index (Phi) is 47.1. The predicted molar refractivity (Wildman–Crippen MR) is 260 cm³/mol. The van der Waals surface area contributed by atoms with Crippen molar-refractivity contribution >= 4 is 11.9 Å². The molecule has 0 aliphatic carbocycles. The number of esters is 2. The van der Waals surface area contributed by atoms with E-state index in [-0.39, 0.29) is 25.2 Å². The summed E-state index contributed by atoms with van der Waals surface area (Å²) in [5, 5.41) is 9.58. The molecule has 0 radical (unpaired) electrons.